The molecule has 0 unspecified atom stereocenters. The molecular formula is C12H10Cl2FNO2. The number of hydrogen-bond acceptors (Lipinski definition) is 2. The number of carbonyl (C=O) groups excluding carboxylic acids is 2. The summed E-state index contributed by atoms with van der Waals surface area (Å²) in [6.45, 7) is 0.514. The van der Waals surface area contributed by atoms with Crippen molar-refractivity contribution in [3.05, 3.63) is 29.1 Å². The van der Waals surface area contributed by atoms with E-state index in [4.69, 9.17) is 23.2 Å². The van der Waals surface area contributed by atoms with Crippen LogP contribution in [0.2, 0.25) is 0 Å². The Balaban J connectivity index is 2.57. The Labute approximate surface area is 113 Å². The summed E-state index contributed by atoms with van der Waals surface area (Å²) in [6.07, 6.45) is 1.17. The van der Waals surface area contributed by atoms with Gasteiger partial charge in [0.2, 0.25) is 5.91 Å². The van der Waals surface area contributed by atoms with Crippen LogP contribution in [0.1, 0.15) is 22.3 Å². The van der Waals surface area contributed by atoms with E-state index in [9.17, 15) is 14.0 Å². The van der Waals surface area contributed by atoms with E-state index in [1.807, 2.05) is 0 Å². The van der Waals surface area contributed by atoms with Crippen LogP contribution in [0, 0.1) is 5.82 Å². The fraction of sp³-hybridized carbons (Fsp3) is 0.333. The maximum Gasteiger partial charge on any atom is 0.255 e. The zero-order valence-electron chi connectivity index (χ0n) is 9.38. The van der Waals surface area contributed by atoms with Crippen molar-refractivity contribution in [3.63, 3.8) is 0 Å². The molecule has 1 heterocycles. The third kappa shape index (κ3) is 2.22. The molecule has 0 radical (unpaired) electrons. The second kappa shape index (κ2) is 5.24. The van der Waals surface area contributed by atoms with E-state index in [1.165, 1.54) is 11.0 Å². The van der Waals surface area contributed by atoms with E-state index in [-0.39, 0.29) is 17.4 Å². The monoisotopic (exact) mass is 289 g/mol. The van der Waals surface area contributed by atoms with Gasteiger partial charge in [-0.1, -0.05) is 0 Å². The van der Waals surface area contributed by atoms with Crippen molar-refractivity contribution in [3.8, 4) is 0 Å². The first-order chi connectivity index (χ1) is 8.56. The highest BCUT2D eigenvalue weighted by atomic mass is 35.5. The van der Waals surface area contributed by atoms with Crippen LogP contribution in [-0.2, 0) is 11.2 Å². The fourth-order valence-corrected chi connectivity index (χ4v) is 2.54. The Morgan fingerprint density at radius 2 is 2.11 bits per heavy atom. The predicted molar refractivity (Wildman–Crippen MR) is 68.0 cm³/mol. The van der Waals surface area contributed by atoms with Gasteiger partial charge in [0.25, 0.3) is 5.24 Å². The number of carbonyl (C=O) groups is 2. The zero-order valence-corrected chi connectivity index (χ0v) is 10.9. The van der Waals surface area contributed by atoms with Crippen LogP contribution in [0.25, 0.3) is 0 Å². The second-order valence-corrected chi connectivity index (χ2v) is 4.59. The van der Waals surface area contributed by atoms with E-state index in [0.717, 1.165) is 6.07 Å². The van der Waals surface area contributed by atoms with Gasteiger partial charge in [-0.3, -0.25) is 9.59 Å². The molecule has 18 heavy (non-hydrogen) atoms. The van der Waals surface area contributed by atoms with Crippen molar-refractivity contribution in [1.29, 1.82) is 0 Å². The normalized spacial score (nSPS) is 14.3. The number of fused-ring (bicyclic) bond motifs is 1. The van der Waals surface area contributed by atoms with Gasteiger partial charge in [0, 0.05) is 12.2 Å². The SMILES string of the molecule is O=C(Cl)c1c(F)ccc2c1CCCN2C(=O)CCl. The van der Waals surface area contributed by atoms with Crippen LogP contribution < -0.4 is 4.90 Å². The molecule has 0 spiro atoms. The first-order valence-corrected chi connectivity index (χ1v) is 6.35. The van der Waals surface area contributed by atoms with Crippen LogP contribution in [0.15, 0.2) is 12.1 Å². The lowest BCUT2D eigenvalue weighted by Crippen LogP contribution is -2.36. The number of halogens is 3. The summed E-state index contributed by atoms with van der Waals surface area (Å²) in [5.41, 5.74) is 0.873. The van der Waals surface area contributed by atoms with E-state index in [1.54, 1.807) is 0 Å². The molecule has 0 aromatic heterocycles. The van der Waals surface area contributed by atoms with Gasteiger partial charge in [-0.2, -0.15) is 0 Å². The fourth-order valence-electron chi connectivity index (χ4n) is 2.19. The van der Waals surface area contributed by atoms with Crippen LogP contribution in [0.4, 0.5) is 10.1 Å². The molecular weight excluding hydrogens is 280 g/mol. The van der Waals surface area contributed by atoms with Gasteiger partial charge in [0.15, 0.2) is 0 Å². The maximum absolute atomic E-state index is 13.6. The molecule has 3 nitrogen and oxygen atoms in total. The summed E-state index contributed by atoms with van der Waals surface area (Å²) in [5, 5.41) is -0.843. The summed E-state index contributed by atoms with van der Waals surface area (Å²) in [6, 6.07) is 2.63. The first-order valence-electron chi connectivity index (χ1n) is 5.43. The molecule has 2 rings (SSSR count). The molecule has 1 aliphatic heterocycles. The van der Waals surface area contributed by atoms with E-state index in [2.05, 4.69) is 0 Å². The molecule has 1 amide bonds. The Kier molecular flexibility index (Phi) is 3.88. The first kappa shape index (κ1) is 13.3. The summed E-state index contributed by atoms with van der Waals surface area (Å²) >= 11 is 10.9. The van der Waals surface area contributed by atoms with Crippen LogP contribution in [0.5, 0.6) is 0 Å². The number of amides is 1. The quantitative estimate of drug-likeness (QED) is 0.620. The lowest BCUT2D eigenvalue weighted by molar-refractivity contribution is -0.116. The summed E-state index contributed by atoms with van der Waals surface area (Å²) < 4.78 is 13.6. The van der Waals surface area contributed by atoms with Crippen molar-refractivity contribution in [2.75, 3.05) is 17.3 Å². The van der Waals surface area contributed by atoms with Gasteiger partial charge < -0.3 is 4.90 Å². The molecule has 0 aliphatic carbocycles. The molecule has 0 bridgehead atoms. The summed E-state index contributed by atoms with van der Waals surface area (Å²) in [7, 11) is 0. The largest absolute Gasteiger partial charge is 0.311 e. The Morgan fingerprint density at radius 3 is 2.72 bits per heavy atom. The maximum atomic E-state index is 13.6. The summed E-state index contributed by atoms with van der Waals surface area (Å²) in [4.78, 5) is 24.4. The van der Waals surface area contributed by atoms with Crippen molar-refractivity contribution >= 4 is 40.0 Å². The number of benzene rings is 1. The van der Waals surface area contributed by atoms with Gasteiger partial charge in [0.05, 0.1) is 5.56 Å². The Bertz CT molecular complexity index is 519. The molecule has 1 aromatic carbocycles. The second-order valence-electron chi connectivity index (χ2n) is 3.98. The molecule has 96 valence electrons. The van der Waals surface area contributed by atoms with Crippen molar-refractivity contribution in [2.24, 2.45) is 0 Å². The number of anilines is 1. The van der Waals surface area contributed by atoms with E-state index >= 15 is 0 Å². The molecule has 0 N–H and O–H groups in total. The lowest BCUT2D eigenvalue weighted by Gasteiger charge is -2.30. The van der Waals surface area contributed by atoms with Gasteiger partial charge in [-0.05, 0) is 42.1 Å². The lowest BCUT2D eigenvalue weighted by atomic mass is 9.96. The molecule has 0 fully saturated rings. The van der Waals surface area contributed by atoms with Gasteiger partial charge in [0.1, 0.15) is 11.7 Å². The van der Waals surface area contributed by atoms with Crippen LogP contribution in [0.3, 0.4) is 0 Å². The third-order valence-electron chi connectivity index (χ3n) is 2.95. The van der Waals surface area contributed by atoms with Crippen LogP contribution >= 0.6 is 23.2 Å². The van der Waals surface area contributed by atoms with Crippen molar-refractivity contribution < 1.29 is 14.0 Å². The van der Waals surface area contributed by atoms with E-state index in [0.29, 0.717) is 30.6 Å². The highest BCUT2D eigenvalue weighted by Crippen LogP contribution is 2.32. The number of hydrogen-bond donors (Lipinski definition) is 0. The third-order valence-corrected chi connectivity index (χ3v) is 3.37. The highest BCUT2D eigenvalue weighted by molar-refractivity contribution is 6.68. The molecule has 1 aliphatic rings. The minimum absolute atomic E-state index is 0.138. The smallest absolute Gasteiger partial charge is 0.255 e. The zero-order chi connectivity index (χ0) is 13.3. The summed E-state index contributed by atoms with van der Waals surface area (Å²) in [5.74, 6) is -1.08. The van der Waals surface area contributed by atoms with Gasteiger partial charge in [-0.15, -0.1) is 11.6 Å². The number of rotatable bonds is 2. The van der Waals surface area contributed by atoms with Crippen molar-refractivity contribution in [1.82, 2.24) is 0 Å². The van der Waals surface area contributed by atoms with Gasteiger partial charge in [-0.25, -0.2) is 4.39 Å². The average molecular weight is 290 g/mol. The number of nitrogens with zero attached hydrogens (tertiary/aromatic N) is 1. The molecule has 0 saturated carbocycles. The van der Waals surface area contributed by atoms with Gasteiger partial charge >= 0.3 is 0 Å². The highest BCUT2D eigenvalue weighted by Gasteiger charge is 2.27. The van der Waals surface area contributed by atoms with E-state index < -0.39 is 11.1 Å². The molecule has 0 atom stereocenters. The Morgan fingerprint density at radius 1 is 1.39 bits per heavy atom. The Hall–Kier alpha value is -1.13. The number of alkyl halides is 1. The molecule has 1 aromatic rings. The predicted octanol–water partition coefficient (Wildman–Crippen LogP) is 2.72. The topological polar surface area (TPSA) is 37.4 Å². The van der Waals surface area contributed by atoms with Crippen LogP contribution in [-0.4, -0.2) is 23.6 Å². The standard InChI is InChI=1S/C12H10Cl2FNO2/c13-6-10(17)16-5-1-2-7-9(16)4-3-8(15)11(7)12(14)18/h3-4H,1-2,5-6H2. The van der Waals surface area contributed by atoms with Crippen molar-refractivity contribution in [2.45, 2.75) is 12.8 Å². The molecule has 0 saturated heterocycles. The molecule has 6 heteroatoms. The minimum atomic E-state index is -0.843. The average Bonchev–Trinajstić information content (AvgIpc) is 2.36. The minimum Gasteiger partial charge on any atom is -0.311 e.